The van der Waals surface area contributed by atoms with Crippen LogP contribution in [0.5, 0.6) is 0 Å². The van der Waals surface area contributed by atoms with Crippen molar-refractivity contribution in [3.05, 3.63) is 53.6 Å². The van der Waals surface area contributed by atoms with Gasteiger partial charge in [-0.2, -0.15) is 0 Å². The second-order valence-electron chi connectivity index (χ2n) is 7.61. The number of hydrogen-bond acceptors (Lipinski definition) is 6. The highest BCUT2D eigenvalue weighted by Gasteiger charge is 2.28. The number of carbonyl (C=O) groups excluding carboxylic acids is 2. The highest BCUT2D eigenvalue weighted by Crippen LogP contribution is 2.21. The van der Waals surface area contributed by atoms with Gasteiger partial charge in [0.25, 0.3) is 0 Å². The molecule has 1 unspecified atom stereocenters. The number of pyridine rings is 1. The van der Waals surface area contributed by atoms with Crippen molar-refractivity contribution in [1.82, 2.24) is 14.8 Å². The molecular weight excluding hydrogens is 417 g/mol. The standard InChI is InChI=1S/C22H26FN5O4/c1-15-5-6-17(13-24-15)25-22(32)26-18-4-2-3-16(20(18)23)14-27-8-10-28(11-9-27)19(7-12-29)21(30)31/h2-6,12-13,19H,7-11,14H2,1H3,(H,30,31)(H2,25,26,32). The maximum Gasteiger partial charge on any atom is 0.323 e. The predicted octanol–water partition coefficient (Wildman–Crippen LogP) is 2.33. The van der Waals surface area contributed by atoms with Gasteiger partial charge in [-0.3, -0.25) is 19.6 Å². The molecule has 3 N–H and O–H groups in total. The fourth-order valence-electron chi connectivity index (χ4n) is 3.60. The number of urea groups is 1. The minimum Gasteiger partial charge on any atom is -0.480 e. The highest BCUT2D eigenvalue weighted by molar-refractivity contribution is 5.99. The van der Waals surface area contributed by atoms with Gasteiger partial charge in [-0.1, -0.05) is 12.1 Å². The first-order valence-corrected chi connectivity index (χ1v) is 10.3. The maximum absolute atomic E-state index is 15.0. The Bertz CT molecular complexity index is 961. The van der Waals surface area contributed by atoms with E-state index in [9.17, 15) is 23.9 Å². The van der Waals surface area contributed by atoms with Crippen molar-refractivity contribution in [2.24, 2.45) is 0 Å². The minimum atomic E-state index is -1.02. The fraction of sp³-hybridized carbons (Fsp3) is 0.364. The van der Waals surface area contributed by atoms with Gasteiger partial charge in [-0.05, 0) is 25.1 Å². The lowest BCUT2D eigenvalue weighted by molar-refractivity contribution is -0.145. The molecule has 2 aromatic rings. The number of hydrogen-bond donors (Lipinski definition) is 3. The number of aliphatic carboxylic acids is 1. The summed E-state index contributed by atoms with van der Waals surface area (Å²) in [6, 6.07) is 6.87. The Hall–Kier alpha value is -3.37. The van der Waals surface area contributed by atoms with Crippen molar-refractivity contribution in [3.63, 3.8) is 0 Å². The molecule has 10 heteroatoms. The van der Waals surface area contributed by atoms with E-state index < -0.39 is 23.9 Å². The summed E-state index contributed by atoms with van der Waals surface area (Å²) < 4.78 is 15.0. The molecule has 1 aliphatic rings. The molecule has 0 radical (unpaired) electrons. The van der Waals surface area contributed by atoms with Crippen molar-refractivity contribution >= 4 is 29.7 Å². The van der Waals surface area contributed by atoms with Gasteiger partial charge < -0.3 is 20.5 Å². The SMILES string of the molecule is Cc1ccc(NC(=O)Nc2cccc(CN3CCN(C(CC=O)C(=O)O)CC3)c2F)cn1. The number of carbonyl (C=O) groups is 3. The number of aryl methyl sites for hydroxylation is 1. The van der Waals surface area contributed by atoms with E-state index in [1.807, 2.05) is 11.8 Å². The summed E-state index contributed by atoms with van der Waals surface area (Å²) in [5.41, 5.74) is 1.81. The number of rotatable bonds is 8. The van der Waals surface area contributed by atoms with Crippen LogP contribution in [0, 0.1) is 12.7 Å². The zero-order valence-electron chi connectivity index (χ0n) is 17.8. The molecule has 0 spiro atoms. The van der Waals surface area contributed by atoms with E-state index in [1.54, 1.807) is 29.2 Å². The first-order valence-electron chi connectivity index (χ1n) is 10.3. The number of aldehydes is 1. The Labute approximate surface area is 185 Å². The van der Waals surface area contributed by atoms with Gasteiger partial charge in [0.15, 0.2) is 5.82 Å². The third-order valence-corrected chi connectivity index (χ3v) is 5.34. The molecule has 3 rings (SSSR count). The average Bonchev–Trinajstić information content (AvgIpc) is 2.77. The molecule has 0 bridgehead atoms. The Kier molecular flexibility index (Phi) is 7.85. The predicted molar refractivity (Wildman–Crippen MR) is 117 cm³/mol. The summed E-state index contributed by atoms with van der Waals surface area (Å²) in [4.78, 5) is 42.2. The Morgan fingerprint density at radius 1 is 1.19 bits per heavy atom. The van der Waals surface area contributed by atoms with Crippen molar-refractivity contribution in [2.75, 3.05) is 36.8 Å². The summed E-state index contributed by atoms with van der Waals surface area (Å²) >= 11 is 0. The first kappa shape index (κ1) is 23.3. The zero-order valence-corrected chi connectivity index (χ0v) is 17.8. The lowest BCUT2D eigenvalue weighted by Gasteiger charge is -2.37. The molecule has 1 aromatic carbocycles. The fourth-order valence-corrected chi connectivity index (χ4v) is 3.60. The molecule has 0 aliphatic carbocycles. The van der Waals surface area contributed by atoms with Crippen LogP contribution in [0.4, 0.5) is 20.6 Å². The quantitative estimate of drug-likeness (QED) is 0.537. The largest absolute Gasteiger partial charge is 0.480 e. The van der Waals surface area contributed by atoms with Crippen LogP contribution in [-0.4, -0.2) is 70.4 Å². The van der Waals surface area contributed by atoms with Gasteiger partial charge in [0.1, 0.15) is 12.3 Å². The molecular formula is C22H26FN5O4. The van der Waals surface area contributed by atoms with Gasteiger partial charge in [0.05, 0.1) is 17.6 Å². The molecule has 2 amide bonds. The van der Waals surface area contributed by atoms with Gasteiger partial charge in [0.2, 0.25) is 0 Å². The summed E-state index contributed by atoms with van der Waals surface area (Å²) in [6.45, 7) is 4.18. The van der Waals surface area contributed by atoms with Crippen molar-refractivity contribution in [2.45, 2.75) is 25.9 Å². The van der Waals surface area contributed by atoms with Crippen molar-refractivity contribution in [3.8, 4) is 0 Å². The number of benzene rings is 1. The number of carboxylic acids is 1. The van der Waals surface area contributed by atoms with Crippen LogP contribution in [0.25, 0.3) is 0 Å². The number of halogens is 1. The molecule has 1 aromatic heterocycles. The molecule has 1 aliphatic heterocycles. The minimum absolute atomic E-state index is 0.0572. The Balaban J connectivity index is 1.57. The second kappa shape index (κ2) is 10.8. The van der Waals surface area contributed by atoms with Crippen LogP contribution in [0.2, 0.25) is 0 Å². The van der Waals surface area contributed by atoms with Crippen LogP contribution in [0.3, 0.4) is 0 Å². The second-order valence-corrected chi connectivity index (χ2v) is 7.61. The number of anilines is 2. The third kappa shape index (κ3) is 6.08. The van der Waals surface area contributed by atoms with Crippen LogP contribution < -0.4 is 10.6 Å². The van der Waals surface area contributed by atoms with Gasteiger partial charge in [0, 0.05) is 50.4 Å². The van der Waals surface area contributed by atoms with E-state index in [4.69, 9.17) is 0 Å². The van der Waals surface area contributed by atoms with Gasteiger partial charge in [-0.25, -0.2) is 9.18 Å². The normalized spacial score (nSPS) is 15.7. The lowest BCUT2D eigenvalue weighted by atomic mass is 10.1. The zero-order chi connectivity index (χ0) is 23.1. The lowest BCUT2D eigenvalue weighted by Crippen LogP contribution is -2.52. The smallest absolute Gasteiger partial charge is 0.323 e. The molecule has 32 heavy (non-hydrogen) atoms. The Morgan fingerprint density at radius 2 is 1.94 bits per heavy atom. The topological polar surface area (TPSA) is 115 Å². The van der Waals surface area contributed by atoms with E-state index >= 15 is 0 Å². The van der Waals surface area contributed by atoms with E-state index in [0.717, 1.165) is 5.69 Å². The van der Waals surface area contributed by atoms with Crippen LogP contribution in [0.15, 0.2) is 36.5 Å². The molecule has 1 atom stereocenters. The van der Waals surface area contributed by atoms with Gasteiger partial charge >= 0.3 is 12.0 Å². The number of piperazine rings is 1. The number of amides is 2. The third-order valence-electron chi connectivity index (χ3n) is 5.34. The van der Waals surface area contributed by atoms with Crippen LogP contribution in [-0.2, 0) is 16.1 Å². The van der Waals surface area contributed by atoms with E-state index in [2.05, 4.69) is 15.6 Å². The van der Waals surface area contributed by atoms with Gasteiger partial charge in [-0.15, -0.1) is 0 Å². The van der Waals surface area contributed by atoms with E-state index in [1.165, 1.54) is 12.3 Å². The molecule has 0 saturated carbocycles. The number of nitrogens with zero attached hydrogens (tertiary/aromatic N) is 3. The summed E-state index contributed by atoms with van der Waals surface area (Å²) in [5, 5.41) is 14.4. The Morgan fingerprint density at radius 3 is 2.56 bits per heavy atom. The maximum atomic E-state index is 15.0. The van der Waals surface area contributed by atoms with Crippen molar-refractivity contribution in [1.29, 1.82) is 0 Å². The summed E-state index contributed by atoms with van der Waals surface area (Å²) in [7, 11) is 0. The van der Waals surface area contributed by atoms with E-state index in [0.29, 0.717) is 50.3 Å². The average molecular weight is 443 g/mol. The number of carboxylic acid groups (broad SMARTS) is 1. The summed E-state index contributed by atoms with van der Waals surface area (Å²) in [5.74, 6) is -1.54. The number of nitrogens with one attached hydrogen (secondary N) is 2. The van der Waals surface area contributed by atoms with Crippen LogP contribution in [0.1, 0.15) is 17.7 Å². The molecule has 1 fully saturated rings. The first-order chi connectivity index (χ1) is 15.4. The van der Waals surface area contributed by atoms with E-state index in [-0.39, 0.29) is 12.1 Å². The summed E-state index contributed by atoms with van der Waals surface area (Å²) in [6.07, 6.45) is 2.08. The monoisotopic (exact) mass is 443 g/mol. The highest BCUT2D eigenvalue weighted by atomic mass is 19.1. The van der Waals surface area contributed by atoms with Crippen molar-refractivity contribution < 1.29 is 23.9 Å². The molecule has 2 heterocycles. The van der Waals surface area contributed by atoms with Crippen LogP contribution >= 0.6 is 0 Å². The molecule has 170 valence electrons. The number of aromatic nitrogens is 1. The molecule has 1 saturated heterocycles. The molecule has 9 nitrogen and oxygen atoms in total.